The van der Waals surface area contributed by atoms with Gasteiger partial charge in [0.1, 0.15) is 0 Å². The van der Waals surface area contributed by atoms with Gasteiger partial charge in [0.2, 0.25) is 0 Å². The summed E-state index contributed by atoms with van der Waals surface area (Å²) < 4.78 is 0. The average molecular weight is 274 g/mol. The molecular weight excluding hydrogens is 256 g/mol. The summed E-state index contributed by atoms with van der Waals surface area (Å²) >= 11 is 1.64. The maximum absolute atomic E-state index is 11.9. The predicted molar refractivity (Wildman–Crippen MR) is 80.7 cm³/mol. The SMILES string of the molecule is CCc1ccc(NC(=O)NC(C)c2cccs2)cc1. The van der Waals surface area contributed by atoms with Crippen LogP contribution in [0.25, 0.3) is 0 Å². The summed E-state index contributed by atoms with van der Waals surface area (Å²) in [5.74, 6) is 0. The van der Waals surface area contributed by atoms with Crippen LogP contribution in [0, 0.1) is 0 Å². The van der Waals surface area contributed by atoms with Crippen molar-refractivity contribution in [1.82, 2.24) is 5.32 Å². The third kappa shape index (κ3) is 3.83. The van der Waals surface area contributed by atoms with Crippen LogP contribution in [-0.2, 0) is 6.42 Å². The van der Waals surface area contributed by atoms with Gasteiger partial charge in [-0.1, -0.05) is 25.1 Å². The fourth-order valence-electron chi connectivity index (χ4n) is 1.80. The maximum atomic E-state index is 11.9. The van der Waals surface area contributed by atoms with Crippen LogP contribution in [0.1, 0.15) is 30.3 Å². The number of nitrogens with one attached hydrogen (secondary N) is 2. The van der Waals surface area contributed by atoms with Crippen LogP contribution in [0.15, 0.2) is 41.8 Å². The minimum absolute atomic E-state index is 0.0231. The van der Waals surface area contributed by atoms with Gasteiger partial charge in [-0.05, 0) is 42.5 Å². The third-order valence-electron chi connectivity index (χ3n) is 2.94. The van der Waals surface area contributed by atoms with Gasteiger partial charge in [-0.25, -0.2) is 4.79 Å². The number of carbonyl (C=O) groups excluding carboxylic acids is 1. The zero-order valence-corrected chi connectivity index (χ0v) is 12.0. The molecule has 0 aliphatic carbocycles. The van der Waals surface area contributed by atoms with E-state index in [1.807, 2.05) is 48.7 Å². The number of carbonyl (C=O) groups is 1. The van der Waals surface area contributed by atoms with E-state index in [4.69, 9.17) is 0 Å². The Labute approximate surface area is 117 Å². The molecule has 1 aromatic carbocycles. The number of urea groups is 1. The Hall–Kier alpha value is -1.81. The van der Waals surface area contributed by atoms with Crippen LogP contribution >= 0.6 is 11.3 Å². The van der Waals surface area contributed by atoms with Crippen LogP contribution in [0.4, 0.5) is 10.5 Å². The van der Waals surface area contributed by atoms with Crippen molar-refractivity contribution in [3.63, 3.8) is 0 Å². The molecule has 0 radical (unpaired) electrons. The van der Waals surface area contributed by atoms with E-state index in [0.717, 1.165) is 17.0 Å². The Morgan fingerprint density at radius 2 is 2.00 bits per heavy atom. The van der Waals surface area contributed by atoms with E-state index in [2.05, 4.69) is 17.6 Å². The highest BCUT2D eigenvalue weighted by molar-refractivity contribution is 7.10. The third-order valence-corrected chi connectivity index (χ3v) is 3.99. The second-order valence-corrected chi connectivity index (χ2v) is 5.37. The number of rotatable bonds is 4. The van der Waals surface area contributed by atoms with E-state index in [9.17, 15) is 4.79 Å². The molecule has 1 unspecified atom stereocenters. The van der Waals surface area contributed by atoms with Crippen molar-refractivity contribution >= 4 is 23.1 Å². The topological polar surface area (TPSA) is 41.1 Å². The summed E-state index contributed by atoms with van der Waals surface area (Å²) in [5, 5.41) is 7.77. The number of anilines is 1. The van der Waals surface area contributed by atoms with Gasteiger partial charge >= 0.3 is 6.03 Å². The highest BCUT2D eigenvalue weighted by atomic mass is 32.1. The molecule has 0 aliphatic rings. The number of hydrogen-bond acceptors (Lipinski definition) is 2. The molecule has 1 atom stereocenters. The van der Waals surface area contributed by atoms with Crippen LogP contribution in [0.3, 0.4) is 0 Å². The van der Waals surface area contributed by atoms with Crippen LogP contribution in [-0.4, -0.2) is 6.03 Å². The molecule has 2 aromatic rings. The Kier molecular flexibility index (Phi) is 4.58. The summed E-state index contributed by atoms with van der Waals surface area (Å²) in [7, 11) is 0. The van der Waals surface area contributed by atoms with Gasteiger partial charge in [-0.2, -0.15) is 0 Å². The monoisotopic (exact) mass is 274 g/mol. The molecule has 0 aliphatic heterocycles. The predicted octanol–water partition coefficient (Wildman–Crippen LogP) is 4.19. The molecule has 0 bridgehead atoms. The fraction of sp³-hybridized carbons (Fsp3) is 0.267. The van der Waals surface area contributed by atoms with Crippen molar-refractivity contribution in [1.29, 1.82) is 0 Å². The molecule has 0 spiro atoms. The van der Waals surface area contributed by atoms with Crippen molar-refractivity contribution in [2.75, 3.05) is 5.32 Å². The highest BCUT2D eigenvalue weighted by Crippen LogP contribution is 2.18. The summed E-state index contributed by atoms with van der Waals surface area (Å²) in [6, 6.07) is 11.8. The average Bonchev–Trinajstić information content (AvgIpc) is 2.93. The first-order chi connectivity index (χ1) is 9.19. The molecule has 0 saturated heterocycles. The van der Waals surface area contributed by atoms with Crippen LogP contribution in [0.2, 0.25) is 0 Å². The number of hydrogen-bond donors (Lipinski definition) is 2. The molecule has 2 N–H and O–H groups in total. The molecule has 1 aromatic heterocycles. The Morgan fingerprint density at radius 1 is 1.26 bits per heavy atom. The molecule has 100 valence electrons. The number of amides is 2. The van der Waals surface area contributed by atoms with Gasteiger partial charge in [-0.15, -0.1) is 11.3 Å². The van der Waals surface area contributed by atoms with Gasteiger partial charge in [0.15, 0.2) is 0 Å². The van der Waals surface area contributed by atoms with Gasteiger partial charge in [0.05, 0.1) is 6.04 Å². The van der Waals surface area contributed by atoms with Crippen molar-refractivity contribution < 1.29 is 4.79 Å². The number of benzene rings is 1. The Bertz CT molecular complexity index is 520. The lowest BCUT2D eigenvalue weighted by Crippen LogP contribution is -2.30. The molecule has 4 heteroatoms. The van der Waals surface area contributed by atoms with Crippen LogP contribution < -0.4 is 10.6 Å². The van der Waals surface area contributed by atoms with E-state index < -0.39 is 0 Å². The lowest BCUT2D eigenvalue weighted by molar-refractivity contribution is 0.249. The standard InChI is InChI=1S/C15H18N2OS/c1-3-12-6-8-13(9-7-12)17-15(18)16-11(2)14-5-4-10-19-14/h4-11H,3H2,1-2H3,(H2,16,17,18). The molecular formula is C15H18N2OS. The van der Waals surface area contributed by atoms with Crippen molar-refractivity contribution in [2.45, 2.75) is 26.3 Å². The molecule has 19 heavy (non-hydrogen) atoms. The van der Waals surface area contributed by atoms with E-state index in [1.54, 1.807) is 11.3 Å². The normalized spacial score (nSPS) is 11.9. The first-order valence-electron chi connectivity index (χ1n) is 6.39. The maximum Gasteiger partial charge on any atom is 0.319 e. The summed E-state index contributed by atoms with van der Waals surface area (Å²) in [6.45, 7) is 4.09. The number of thiophene rings is 1. The van der Waals surface area contributed by atoms with E-state index >= 15 is 0 Å². The largest absolute Gasteiger partial charge is 0.331 e. The Balaban J connectivity index is 1.90. The van der Waals surface area contributed by atoms with E-state index in [-0.39, 0.29) is 12.1 Å². The lowest BCUT2D eigenvalue weighted by atomic mass is 10.1. The molecule has 1 heterocycles. The zero-order chi connectivity index (χ0) is 13.7. The summed E-state index contributed by atoms with van der Waals surface area (Å²) in [5.41, 5.74) is 2.07. The van der Waals surface area contributed by atoms with Gasteiger partial charge in [-0.3, -0.25) is 0 Å². The number of aryl methyl sites for hydroxylation is 1. The van der Waals surface area contributed by atoms with Crippen LogP contribution in [0.5, 0.6) is 0 Å². The minimum Gasteiger partial charge on any atom is -0.331 e. The van der Waals surface area contributed by atoms with Gasteiger partial charge in [0, 0.05) is 10.6 Å². The van der Waals surface area contributed by atoms with Crippen molar-refractivity contribution in [3.05, 3.63) is 52.2 Å². The summed E-state index contributed by atoms with van der Waals surface area (Å²) in [4.78, 5) is 13.0. The quantitative estimate of drug-likeness (QED) is 0.862. The van der Waals surface area contributed by atoms with E-state index in [1.165, 1.54) is 5.56 Å². The summed E-state index contributed by atoms with van der Waals surface area (Å²) in [6.07, 6.45) is 1.00. The minimum atomic E-state index is -0.176. The first kappa shape index (κ1) is 13.6. The highest BCUT2D eigenvalue weighted by Gasteiger charge is 2.09. The van der Waals surface area contributed by atoms with Crippen molar-refractivity contribution in [2.24, 2.45) is 0 Å². The molecule has 3 nitrogen and oxygen atoms in total. The van der Waals surface area contributed by atoms with E-state index in [0.29, 0.717) is 0 Å². The first-order valence-corrected chi connectivity index (χ1v) is 7.27. The molecule has 2 rings (SSSR count). The molecule has 0 fully saturated rings. The second-order valence-electron chi connectivity index (χ2n) is 4.39. The zero-order valence-electron chi connectivity index (χ0n) is 11.1. The van der Waals surface area contributed by atoms with Gasteiger partial charge < -0.3 is 10.6 Å². The van der Waals surface area contributed by atoms with Gasteiger partial charge in [0.25, 0.3) is 0 Å². The molecule has 0 saturated carbocycles. The second kappa shape index (κ2) is 6.38. The lowest BCUT2D eigenvalue weighted by Gasteiger charge is -2.13. The fourth-order valence-corrected chi connectivity index (χ4v) is 2.53. The van der Waals surface area contributed by atoms with Crippen molar-refractivity contribution in [3.8, 4) is 0 Å². The molecule has 2 amide bonds. The smallest absolute Gasteiger partial charge is 0.319 e. The Morgan fingerprint density at radius 3 is 2.58 bits per heavy atom.